The van der Waals surface area contributed by atoms with E-state index in [1.54, 1.807) is 37.3 Å². The van der Waals surface area contributed by atoms with Crippen molar-refractivity contribution in [2.24, 2.45) is 0 Å². The van der Waals surface area contributed by atoms with Crippen molar-refractivity contribution < 1.29 is 43.3 Å². The van der Waals surface area contributed by atoms with E-state index in [1.807, 2.05) is 0 Å². The van der Waals surface area contributed by atoms with Gasteiger partial charge < -0.3 is 39.9 Å². The highest BCUT2D eigenvalue weighted by Crippen LogP contribution is 2.24. The van der Waals surface area contributed by atoms with Crippen molar-refractivity contribution in [2.75, 3.05) is 45.9 Å². The number of likely N-dealkylation sites (tertiary alicyclic amines) is 1. The maximum Gasteiger partial charge on any atom is 0.409 e. The summed E-state index contributed by atoms with van der Waals surface area (Å²) in [7, 11) is 0. The third-order valence-electron chi connectivity index (χ3n) is 8.72. The number of amides is 5. The van der Waals surface area contributed by atoms with E-state index in [0.29, 0.717) is 18.7 Å². The molecule has 1 aromatic carbocycles. The summed E-state index contributed by atoms with van der Waals surface area (Å²) in [6.07, 6.45) is 2.52. The van der Waals surface area contributed by atoms with Crippen LogP contribution in [0.5, 0.6) is 5.88 Å². The van der Waals surface area contributed by atoms with Gasteiger partial charge in [-0.3, -0.25) is 24.0 Å². The minimum absolute atomic E-state index is 0.0826. The first-order valence-corrected chi connectivity index (χ1v) is 16.3. The molecule has 48 heavy (non-hydrogen) atoms. The molecule has 258 valence electrons. The normalized spacial score (nSPS) is 18.2. The zero-order valence-corrected chi connectivity index (χ0v) is 26.8. The molecule has 16 nitrogen and oxygen atoms in total. The standard InChI is InChI=1S/C32H41N7O9/c1-2-47-32(46)37-17-15-36(16-18-37)31(45)23(11-12-28(41)42)34-29(43)24-19-27(39(35-24)22-9-4-3-5-10-22)48-20-26(40)38-14-13-25(38)30(44)33-21-7-6-8-21/h3-5,9-10,19,21,23,25H,2,6-8,11-18,20H2,1H3,(H,33,44)(H,34,43)(H,41,42)/t23-,25-/m0/s1. The van der Waals surface area contributed by atoms with E-state index in [4.69, 9.17) is 9.47 Å². The summed E-state index contributed by atoms with van der Waals surface area (Å²) >= 11 is 0. The highest BCUT2D eigenvalue weighted by atomic mass is 16.6. The summed E-state index contributed by atoms with van der Waals surface area (Å²) in [4.78, 5) is 80.5. The molecule has 3 N–H and O–H groups in total. The number of benzene rings is 1. The lowest BCUT2D eigenvalue weighted by Crippen LogP contribution is -2.60. The van der Waals surface area contributed by atoms with Crippen molar-refractivity contribution in [3.8, 4) is 11.6 Å². The quantitative estimate of drug-likeness (QED) is 0.275. The molecule has 0 radical (unpaired) electrons. The van der Waals surface area contributed by atoms with Gasteiger partial charge in [0.15, 0.2) is 12.3 Å². The van der Waals surface area contributed by atoms with Crippen LogP contribution in [0.2, 0.25) is 0 Å². The van der Waals surface area contributed by atoms with Gasteiger partial charge in [-0.15, -0.1) is 0 Å². The Morgan fingerprint density at radius 1 is 0.979 bits per heavy atom. The highest BCUT2D eigenvalue weighted by molar-refractivity contribution is 5.96. The summed E-state index contributed by atoms with van der Waals surface area (Å²) < 4.78 is 12.2. The summed E-state index contributed by atoms with van der Waals surface area (Å²) in [5, 5.41) is 19.3. The van der Waals surface area contributed by atoms with Crippen LogP contribution in [0.1, 0.15) is 55.9 Å². The Labute approximate surface area is 277 Å². The number of nitrogens with one attached hydrogen (secondary N) is 2. The number of piperazine rings is 1. The van der Waals surface area contributed by atoms with Gasteiger partial charge in [0.05, 0.1) is 12.3 Å². The molecule has 5 amide bonds. The van der Waals surface area contributed by atoms with E-state index in [1.165, 1.54) is 25.4 Å². The molecule has 2 atom stereocenters. The number of carboxylic acids is 1. The van der Waals surface area contributed by atoms with Crippen molar-refractivity contribution in [1.29, 1.82) is 0 Å². The fourth-order valence-corrected chi connectivity index (χ4v) is 5.66. The topological polar surface area (TPSA) is 193 Å². The smallest absolute Gasteiger partial charge is 0.409 e. The second-order valence-electron chi connectivity index (χ2n) is 11.9. The van der Waals surface area contributed by atoms with E-state index in [2.05, 4.69) is 15.7 Å². The molecule has 0 bridgehead atoms. The molecule has 2 aromatic rings. The lowest BCUT2D eigenvalue weighted by molar-refractivity contribution is -0.149. The average Bonchev–Trinajstić information content (AvgIpc) is 3.48. The monoisotopic (exact) mass is 667 g/mol. The maximum atomic E-state index is 13.5. The maximum absolute atomic E-state index is 13.5. The second-order valence-corrected chi connectivity index (χ2v) is 11.9. The van der Waals surface area contributed by atoms with Crippen LogP contribution in [-0.2, 0) is 23.9 Å². The third-order valence-corrected chi connectivity index (χ3v) is 8.72. The SMILES string of the molecule is CCOC(=O)N1CCN(C(=O)[C@H](CCC(=O)O)NC(=O)c2cc(OCC(=O)N3CC[C@H]3C(=O)NC3CCC3)n(-c3ccccc3)n2)CC1. The number of rotatable bonds is 13. The first kappa shape index (κ1) is 34.2. The molecule has 1 saturated carbocycles. The van der Waals surface area contributed by atoms with Gasteiger partial charge in [-0.05, 0) is 51.2 Å². The second kappa shape index (κ2) is 15.6. The predicted molar refractivity (Wildman–Crippen MR) is 168 cm³/mol. The molecule has 1 aliphatic carbocycles. The molecule has 5 rings (SSSR count). The number of nitrogens with zero attached hydrogens (tertiary/aromatic N) is 5. The number of aromatic nitrogens is 2. The molecule has 16 heteroatoms. The van der Waals surface area contributed by atoms with Gasteiger partial charge in [-0.25, -0.2) is 9.48 Å². The van der Waals surface area contributed by atoms with E-state index in [0.717, 1.165) is 19.3 Å². The number of para-hydroxylation sites is 1. The molecular formula is C32H41N7O9. The van der Waals surface area contributed by atoms with Crippen LogP contribution in [0.25, 0.3) is 5.69 Å². The van der Waals surface area contributed by atoms with Crippen molar-refractivity contribution >= 4 is 35.7 Å². The fraction of sp³-hybridized carbons (Fsp3) is 0.531. The van der Waals surface area contributed by atoms with Crippen LogP contribution in [0.4, 0.5) is 4.79 Å². The first-order chi connectivity index (χ1) is 23.1. The average molecular weight is 668 g/mol. The van der Waals surface area contributed by atoms with Gasteiger partial charge in [0.25, 0.3) is 11.8 Å². The summed E-state index contributed by atoms with van der Waals surface area (Å²) in [5.74, 6) is -2.83. The van der Waals surface area contributed by atoms with E-state index in [-0.39, 0.29) is 75.1 Å². The van der Waals surface area contributed by atoms with Crippen molar-refractivity contribution in [1.82, 2.24) is 35.1 Å². The van der Waals surface area contributed by atoms with Crippen LogP contribution in [0, 0.1) is 0 Å². The van der Waals surface area contributed by atoms with Gasteiger partial charge in [0, 0.05) is 51.3 Å². The van der Waals surface area contributed by atoms with E-state index in [9.17, 15) is 33.9 Å². The Morgan fingerprint density at radius 3 is 2.29 bits per heavy atom. The van der Waals surface area contributed by atoms with Gasteiger partial charge in [-0.2, -0.15) is 5.10 Å². The van der Waals surface area contributed by atoms with Gasteiger partial charge in [0.1, 0.15) is 12.1 Å². The molecular weight excluding hydrogens is 626 g/mol. The Balaban J connectivity index is 1.26. The van der Waals surface area contributed by atoms with Crippen molar-refractivity contribution in [3.05, 3.63) is 42.1 Å². The fourth-order valence-electron chi connectivity index (χ4n) is 5.66. The molecule has 2 aliphatic heterocycles. The third kappa shape index (κ3) is 8.22. The number of carbonyl (C=O) groups is 6. The van der Waals surface area contributed by atoms with Crippen LogP contribution < -0.4 is 15.4 Å². The lowest BCUT2D eigenvalue weighted by Gasteiger charge is -2.41. The summed E-state index contributed by atoms with van der Waals surface area (Å²) in [6.45, 7) is 2.79. The molecule has 3 heterocycles. The molecule has 0 spiro atoms. The summed E-state index contributed by atoms with van der Waals surface area (Å²) in [6, 6.07) is 8.57. The number of ether oxygens (including phenoxy) is 2. The zero-order chi connectivity index (χ0) is 34.2. The van der Waals surface area contributed by atoms with E-state index < -0.39 is 42.6 Å². The Bertz CT molecular complexity index is 1500. The molecule has 1 aromatic heterocycles. The Hall–Kier alpha value is -5.15. The Morgan fingerprint density at radius 2 is 1.69 bits per heavy atom. The van der Waals surface area contributed by atoms with Crippen molar-refractivity contribution in [2.45, 2.75) is 63.6 Å². The highest BCUT2D eigenvalue weighted by Gasteiger charge is 2.39. The van der Waals surface area contributed by atoms with Crippen LogP contribution in [0.3, 0.4) is 0 Å². The molecule has 3 aliphatic rings. The zero-order valence-electron chi connectivity index (χ0n) is 26.8. The van der Waals surface area contributed by atoms with Crippen LogP contribution in [0.15, 0.2) is 36.4 Å². The number of carboxylic acid groups (broad SMARTS) is 1. The van der Waals surface area contributed by atoms with Gasteiger partial charge >= 0.3 is 12.1 Å². The van der Waals surface area contributed by atoms with Crippen LogP contribution >= 0.6 is 0 Å². The number of hydrogen-bond acceptors (Lipinski definition) is 9. The van der Waals surface area contributed by atoms with Crippen molar-refractivity contribution in [3.63, 3.8) is 0 Å². The lowest BCUT2D eigenvalue weighted by atomic mass is 9.92. The summed E-state index contributed by atoms with van der Waals surface area (Å²) in [5.41, 5.74) is 0.418. The first-order valence-electron chi connectivity index (χ1n) is 16.3. The minimum atomic E-state index is -1.18. The Kier molecular flexibility index (Phi) is 11.1. The van der Waals surface area contributed by atoms with Gasteiger partial charge in [-0.1, -0.05) is 18.2 Å². The number of carbonyl (C=O) groups excluding carboxylic acids is 5. The van der Waals surface area contributed by atoms with E-state index >= 15 is 0 Å². The largest absolute Gasteiger partial charge is 0.481 e. The van der Waals surface area contributed by atoms with Gasteiger partial charge in [0.2, 0.25) is 17.7 Å². The molecule has 3 fully saturated rings. The number of aliphatic carboxylic acids is 1. The molecule has 0 unspecified atom stereocenters. The number of hydrogen-bond donors (Lipinski definition) is 3. The predicted octanol–water partition coefficient (Wildman–Crippen LogP) is 0.785. The van der Waals surface area contributed by atoms with Crippen LogP contribution in [-0.4, -0.2) is 129 Å². The minimum Gasteiger partial charge on any atom is -0.481 e. The molecule has 2 saturated heterocycles.